The molecule has 0 N–H and O–H groups in total. The standard InChI is InChI=1S/C15H19.2ClH.Zr/c1-5-11(3)13-7-6-12(4)14-8-10(2)9-15(13)14;;;/h6-9,11H,5H2,1-4H3;2*1H;/q;;;+2/p-2. The summed E-state index contributed by atoms with van der Waals surface area (Å²) in [5, 5.41) is 0. The van der Waals surface area contributed by atoms with E-state index in [4.69, 9.17) is 17.0 Å². The van der Waals surface area contributed by atoms with Gasteiger partial charge in [0, 0.05) is 6.42 Å². The summed E-state index contributed by atoms with van der Waals surface area (Å²) >= 11 is -0.826. The molecule has 1 aliphatic rings. The number of hydrogen-bond acceptors (Lipinski definition) is 0. The summed E-state index contributed by atoms with van der Waals surface area (Å²) in [5.41, 5.74) is 7.17. The monoisotopic (exact) mass is 359 g/mol. The van der Waals surface area contributed by atoms with E-state index in [0.717, 1.165) is 0 Å². The molecule has 0 saturated heterocycles. The molecule has 0 heterocycles. The first-order valence-electron chi connectivity index (χ1n) is 6.17. The van der Waals surface area contributed by atoms with Crippen LogP contribution >= 0.6 is 17.0 Å². The average Bonchev–Trinajstić information content (AvgIpc) is 2.72. The Morgan fingerprint density at radius 3 is 2.33 bits per heavy atom. The molecule has 1 aliphatic carbocycles. The van der Waals surface area contributed by atoms with Crippen LogP contribution < -0.4 is 0 Å². The zero-order chi connectivity index (χ0) is 13.7. The first-order chi connectivity index (χ1) is 8.54. The predicted molar refractivity (Wildman–Crippen MR) is 78.6 cm³/mol. The fraction of sp³-hybridized carbons (Fsp3) is 0.400. The summed E-state index contributed by atoms with van der Waals surface area (Å²) in [6, 6.07) is 4.55. The molecule has 0 amide bonds. The van der Waals surface area contributed by atoms with Crippen molar-refractivity contribution in [3.05, 3.63) is 46.4 Å². The maximum absolute atomic E-state index is 4.93. The molecule has 0 nitrogen and oxygen atoms in total. The van der Waals surface area contributed by atoms with E-state index in [1.807, 2.05) is 0 Å². The Morgan fingerprint density at radius 1 is 1.17 bits per heavy atom. The van der Waals surface area contributed by atoms with E-state index in [1.54, 1.807) is 0 Å². The van der Waals surface area contributed by atoms with Crippen LogP contribution in [0.1, 0.15) is 55.4 Å². The third kappa shape index (κ3) is 3.96. The van der Waals surface area contributed by atoms with Crippen molar-refractivity contribution in [1.29, 1.82) is 0 Å². The summed E-state index contributed by atoms with van der Waals surface area (Å²) in [6.07, 6.45) is 5.84. The second kappa shape index (κ2) is 7.88. The Bertz CT molecular complexity index is 438. The van der Waals surface area contributed by atoms with Gasteiger partial charge in [-0.2, -0.15) is 0 Å². The topological polar surface area (TPSA) is 0 Å². The van der Waals surface area contributed by atoms with Crippen molar-refractivity contribution in [2.45, 2.75) is 40.0 Å². The zero-order valence-corrected chi connectivity index (χ0v) is 15.3. The van der Waals surface area contributed by atoms with Gasteiger partial charge >= 0.3 is 37.9 Å². The molecule has 0 fully saturated rings. The molecule has 1 aromatic rings. The first kappa shape index (κ1) is 16.5. The maximum atomic E-state index is 4.93. The van der Waals surface area contributed by atoms with E-state index in [2.05, 4.69) is 52.3 Å². The van der Waals surface area contributed by atoms with Crippen LogP contribution in [-0.4, -0.2) is 0 Å². The van der Waals surface area contributed by atoms with Crippen LogP contribution in [0.5, 0.6) is 0 Å². The molecule has 0 aromatic heterocycles. The van der Waals surface area contributed by atoms with Gasteiger partial charge in [-0.1, -0.05) is 37.6 Å². The number of halogens is 2. The Hall–Kier alpha value is 0.423. The van der Waals surface area contributed by atoms with Gasteiger partial charge in [0.15, 0.2) is 0 Å². The van der Waals surface area contributed by atoms with Crippen LogP contribution in [0.4, 0.5) is 0 Å². The molecule has 0 spiro atoms. The van der Waals surface area contributed by atoms with Gasteiger partial charge in [-0.05, 0) is 48.4 Å². The number of fused-ring (bicyclic) bond motifs is 1. The summed E-state index contributed by atoms with van der Waals surface area (Å²) in [5.74, 6) is 0.662. The summed E-state index contributed by atoms with van der Waals surface area (Å²) < 4.78 is 0. The van der Waals surface area contributed by atoms with Gasteiger partial charge < -0.3 is 0 Å². The number of aryl methyl sites for hydroxylation is 1. The van der Waals surface area contributed by atoms with Crippen molar-refractivity contribution in [1.82, 2.24) is 0 Å². The molecule has 1 aromatic carbocycles. The van der Waals surface area contributed by atoms with E-state index in [0.29, 0.717) is 5.92 Å². The van der Waals surface area contributed by atoms with Crippen molar-refractivity contribution in [3.8, 4) is 0 Å². The Labute approximate surface area is 129 Å². The van der Waals surface area contributed by atoms with Crippen LogP contribution in [0, 0.1) is 13.3 Å². The van der Waals surface area contributed by atoms with Crippen LogP contribution in [0.15, 0.2) is 17.7 Å². The van der Waals surface area contributed by atoms with E-state index in [1.165, 1.54) is 34.2 Å². The Kier molecular flexibility index (Phi) is 7.21. The van der Waals surface area contributed by atoms with Gasteiger partial charge in [0.2, 0.25) is 0 Å². The quantitative estimate of drug-likeness (QED) is 0.619. The molecular weight excluding hydrogens is 342 g/mol. The van der Waals surface area contributed by atoms with Gasteiger partial charge in [-0.15, -0.1) is 0 Å². The van der Waals surface area contributed by atoms with E-state index in [-0.39, 0.29) is 0 Å². The van der Waals surface area contributed by atoms with Gasteiger partial charge in [0.25, 0.3) is 0 Å². The molecule has 1 unspecified atom stereocenters. The third-order valence-corrected chi connectivity index (χ3v) is 3.43. The molecule has 97 valence electrons. The molecule has 18 heavy (non-hydrogen) atoms. The molecule has 1 radical (unpaired) electrons. The molecule has 0 bridgehead atoms. The van der Waals surface area contributed by atoms with E-state index in [9.17, 15) is 0 Å². The Balaban J connectivity index is 0.000000492. The van der Waals surface area contributed by atoms with Gasteiger partial charge in [-0.25, -0.2) is 0 Å². The number of benzene rings is 1. The SMILES string of the molecule is CCC(C)c1ccc(C)c2c1C=C(C)[CH]2.[Cl][Zr][Cl]. The van der Waals surface area contributed by atoms with Crippen LogP contribution in [0.2, 0.25) is 0 Å². The van der Waals surface area contributed by atoms with Crippen molar-refractivity contribution >= 4 is 23.1 Å². The minimum absolute atomic E-state index is 0.662. The van der Waals surface area contributed by atoms with Crippen LogP contribution in [0.3, 0.4) is 0 Å². The third-order valence-electron chi connectivity index (χ3n) is 3.43. The summed E-state index contributed by atoms with van der Waals surface area (Å²) in [6.45, 7) is 8.95. The number of rotatable bonds is 2. The molecule has 1 atom stereocenters. The van der Waals surface area contributed by atoms with Gasteiger partial charge in [0.1, 0.15) is 0 Å². The molecular formula is C15H19Cl2Zr. The average molecular weight is 361 g/mol. The van der Waals surface area contributed by atoms with Gasteiger partial charge in [0.05, 0.1) is 0 Å². The summed E-state index contributed by atoms with van der Waals surface area (Å²) in [7, 11) is 9.87. The van der Waals surface area contributed by atoms with Crippen molar-refractivity contribution < 1.29 is 20.8 Å². The molecule has 0 aliphatic heterocycles. The number of hydrogen-bond donors (Lipinski definition) is 0. The van der Waals surface area contributed by atoms with Gasteiger partial charge in [-0.3, -0.25) is 0 Å². The second-order valence-corrected chi connectivity index (χ2v) is 8.44. The fourth-order valence-electron chi connectivity index (χ4n) is 2.26. The van der Waals surface area contributed by atoms with Crippen molar-refractivity contribution in [3.63, 3.8) is 0 Å². The van der Waals surface area contributed by atoms with Crippen molar-refractivity contribution in [2.24, 2.45) is 0 Å². The normalized spacial score (nSPS) is 14.2. The van der Waals surface area contributed by atoms with Crippen LogP contribution in [0.25, 0.3) is 6.08 Å². The fourth-order valence-corrected chi connectivity index (χ4v) is 2.26. The predicted octanol–water partition coefficient (Wildman–Crippen LogP) is 5.85. The zero-order valence-electron chi connectivity index (χ0n) is 11.3. The number of allylic oxidation sites excluding steroid dienone is 1. The molecule has 2 rings (SSSR count). The second-order valence-electron chi connectivity index (χ2n) is 4.71. The van der Waals surface area contributed by atoms with E-state index < -0.39 is 20.8 Å². The summed E-state index contributed by atoms with van der Waals surface area (Å²) in [4.78, 5) is 0. The molecule has 3 heteroatoms. The molecule has 0 saturated carbocycles. The van der Waals surface area contributed by atoms with Crippen molar-refractivity contribution in [2.75, 3.05) is 0 Å². The Morgan fingerprint density at radius 2 is 1.78 bits per heavy atom. The van der Waals surface area contributed by atoms with Crippen LogP contribution in [-0.2, 0) is 20.8 Å². The first-order valence-corrected chi connectivity index (χ1v) is 12.5. The van der Waals surface area contributed by atoms with E-state index >= 15 is 0 Å². The minimum atomic E-state index is -0.826.